The van der Waals surface area contributed by atoms with E-state index in [4.69, 9.17) is 0 Å². The Morgan fingerprint density at radius 1 is 1.21 bits per heavy atom. The number of thioether (sulfide) groups is 1. The number of amides is 1. The predicted octanol–water partition coefficient (Wildman–Crippen LogP) is 3.62. The molecule has 1 aromatic carbocycles. The van der Waals surface area contributed by atoms with Crippen molar-refractivity contribution in [3.8, 4) is 0 Å². The van der Waals surface area contributed by atoms with E-state index in [1.165, 1.54) is 0 Å². The lowest BCUT2D eigenvalue weighted by molar-refractivity contribution is -0.115. The summed E-state index contributed by atoms with van der Waals surface area (Å²) in [7, 11) is 0. The van der Waals surface area contributed by atoms with Crippen LogP contribution in [0.3, 0.4) is 0 Å². The molecule has 0 aliphatic carbocycles. The maximum Gasteiger partial charge on any atom is 0.238 e. The molecule has 2 heterocycles. The fourth-order valence-electron chi connectivity index (χ4n) is 2.05. The maximum atomic E-state index is 12.1. The largest absolute Gasteiger partial charge is 0.293 e. The molecule has 1 aromatic heterocycles. The van der Waals surface area contributed by atoms with Gasteiger partial charge < -0.3 is 0 Å². The lowest BCUT2D eigenvalue weighted by Gasteiger charge is -2.23. The van der Waals surface area contributed by atoms with E-state index in [0.717, 1.165) is 15.9 Å². The molecule has 96 valence electrons. The molecule has 1 fully saturated rings. The highest BCUT2D eigenvalue weighted by molar-refractivity contribution is 9.10. The Bertz CT molecular complexity index is 588. The lowest BCUT2D eigenvalue weighted by Crippen LogP contribution is -2.28. The number of benzene rings is 1. The number of anilines is 1. The standard InChI is InChI=1S/C14H11BrN2OS/c15-10-4-6-11(7-5-10)17-13(18)9-19-14(17)12-3-1-2-8-16-12/h1-8,14H,9H2. The number of aromatic nitrogens is 1. The van der Waals surface area contributed by atoms with E-state index in [2.05, 4.69) is 20.9 Å². The van der Waals surface area contributed by atoms with Crippen LogP contribution in [0, 0.1) is 0 Å². The molecular weight excluding hydrogens is 324 g/mol. The van der Waals surface area contributed by atoms with Crippen LogP contribution in [0.15, 0.2) is 53.1 Å². The fourth-order valence-corrected chi connectivity index (χ4v) is 3.45. The molecule has 1 unspecified atom stereocenters. The molecule has 0 bridgehead atoms. The Morgan fingerprint density at radius 3 is 2.68 bits per heavy atom. The number of carbonyl (C=O) groups excluding carboxylic acids is 1. The zero-order chi connectivity index (χ0) is 13.2. The van der Waals surface area contributed by atoms with Crippen molar-refractivity contribution in [1.82, 2.24) is 4.98 Å². The van der Waals surface area contributed by atoms with Crippen molar-refractivity contribution in [3.63, 3.8) is 0 Å². The number of nitrogens with zero attached hydrogens (tertiary/aromatic N) is 2. The van der Waals surface area contributed by atoms with Gasteiger partial charge >= 0.3 is 0 Å². The van der Waals surface area contributed by atoms with Gasteiger partial charge in [-0.2, -0.15) is 0 Å². The minimum absolute atomic E-state index is 0.0325. The summed E-state index contributed by atoms with van der Waals surface area (Å²) in [4.78, 5) is 18.3. The van der Waals surface area contributed by atoms with Crippen molar-refractivity contribution < 1.29 is 4.79 Å². The Balaban J connectivity index is 1.97. The molecule has 5 heteroatoms. The van der Waals surface area contributed by atoms with Crippen molar-refractivity contribution in [2.75, 3.05) is 10.7 Å². The highest BCUT2D eigenvalue weighted by Gasteiger charge is 2.34. The summed E-state index contributed by atoms with van der Waals surface area (Å²) in [5.74, 6) is 0.625. The number of halogens is 1. The Labute approximate surface area is 124 Å². The van der Waals surface area contributed by atoms with Gasteiger partial charge in [0.1, 0.15) is 5.37 Å². The van der Waals surface area contributed by atoms with Gasteiger partial charge in [0.2, 0.25) is 5.91 Å². The van der Waals surface area contributed by atoms with Crippen LogP contribution in [0.2, 0.25) is 0 Å². The van der Waals surface area contributed by atoms with E-state index in [1.807, 2.05) is 47.4 Å². The summed E-state index contributed by atoms with van der Waals surface area (Å²) in [6.07, 6.45) is 1.76. The molecule has 0 saturated carbocycles. The third-order valence-electron chi connectivity index (χ3n) is 2.91. The van der Waals surface area contributed by atoms with Gasteiger partial charge in [-0.3, -0.25) is 14.7 Å². The van der Waals surface area contributed by atoms with Crippen LogP contribution < -0.4 is 4.90 Å². The van der Waals surface area contributed by atoms with Gasteiger partial charge in [-0.05, 0) is 36.4 Å². The predicted molar refractivity (Wildman–Crippen MR) is 81.1 cm³/mol. The molecule has 3 nitrogen and oxygen atoms in total. The highest BCUT2D eigenvalue weighted by atomic mass is 79.9. The third kappa shape index (κ3) is 2.53. The van der Waals surface area contributed by atoms with Gasteiger partial charge in [-0.15, -0.1) is 11.8 Å². The fraction of sp³-hybridized carbons (Fsp3) is 0.143. The SMILES string of the molecule is O=C1CSC(c2ccccn2)N1c1ccc(Br)cc1. The normalized spacial score (nSPS) is 18.9. The quantitative estimate of drug-likeness (QED) is 0.840. The van der Waals surface area contributed by atoms with Crippen LogP contribution in [-0.4, -0.2) is 16.6 Å². The Kier molecular flexibility index (Phi) is 3.57. The molecule has 19 heavy (non-hydrogen) atoms. The van der Waals surface area contributed by atoms with Gasteiger partial charge in [-0.1, -0.05) is 22.0 Å². The molecule has 1 saturated heterocycles. The van der Waals surface area contributed by atoms with Gasteiger partial charge in [0.25, 0.3) is 0 Å². The number of carbonyl (C=O) groups is 1. The van der Waals surface area contributed by atoms with Crippen LogP contribution in [0.4, 0.5) is 5.69 Å². The van der Waals surface area contributed by atoms with Crippen LogP contribution in [-0.2, 0) is 4.79 Å². The molecule has 0 spiro atoms. The first-order valence-corrected chi connectivity index (χ1v) is 7.70. The lowest BCUT2D eigenvalue weighted by atomic mass is 10.2. The average molecular weight is 335 g/mol. The van der Waals surface area contributed by atoms with Gasteiger partial charge in [0.05, 0.1) is 11.4 Å². The summed E-state index contributed by atoms with van der Waals surface area (Å²) < 4.78 is 1.00. The first-order chi connectivity index (χ1) is 9.25. The van der Waals surface area contributed by atoms with E-state index in [1.54, 1.807) is 18.0 Å². The molecule has 0 N–H and O–H groups in total. The van der Waals surface area contributed by atoms with Crippen molar-refractivity contribution >= 4 is 39.3 Å². The monoisotopic (exact) mass is 334 g/mol. The molecule has 1 aliphatic heterocycles. The van der Waals surface area contributed by atoms with Crippen LogP contribution in [0.25, 0.3) is 0 Å². The highest BCUT2D eigenvalue weighted by Crippen LogP contribution is 2.40. The zero-order valence-electron chi connectivity index (χ0n) is 9.99. The zero-order valence-corrected chi connectivity index (χ0v) is 12.4. The first-order valence-electron chi connectivity index (χ1n) is 5.86. The van der Waals surface area contributed by atoms with Crippen LogP contribution >= 0.6 is 27.7 Å². The molecule has 1 atom stereocenters. The van der Waals surface area contributed by atoms with E-state index in [0.29, 0.717) is 5.75 Å². The number of pyridine rings is 1. The van der Waals surface area contributed by atoms with Crippen molar-refractivity contribution in [2.45, 2.75) is 5.37 Å². The maximum absolute atomic E-state index is 12.1. The minimum Gasteiger partial charge on any atom is -0.293 e. The topological polar surface area (TPSA) is 33.2 Å². The van der Waals surface area contributed by atoms with Gasteiger partial charge in [0, 0.05) is 16.4 Å². The number of hydrogen-bond donors (Lipinski definition) is 0. The van der Waals surface area contributed by atoms with E-state index < -0.39 is 0 Å². The second-order valence-electron chi connectivity index (χ2n) is 4.16. The Hall–Kier alpha value is -1.33. The summed E-state index contributed by atoms with van der Waals surface area (Å²) >= 11 is 5.02. The van der Waals surface area contributed by atoms with Crippen molar-refractivity contribution in [2.24, 2.45) is 0 Å². The van der Waals surface area contributed by atoms with Crippen molar-refractivity contribution in [3.05, 3.63) is 58.8 Å². The van der Waals surface area contributed by atoms with Crippen LogP contribution in [0.1, 0.15) is 11.1 Å². The molecule has 2 aromatic rings. The van der Waals surface area contributed by atoms with E-state index in [9.17, 15) is 4.79 Å². The Morgan fingerprint density at radius 2 is 2.00 bits per heavy atom. The second kappa shape index (κ2) is 5.35. The molecule has 1 aliphatic rings. The third-order valence-corrected chi connectivity index (χ3v) is 4.62. The van der Waals surface area contributed by atoms with Crippen LogP contribution in [0.5, 0.6) is 0 Å². The number of rotatable bonds is 2. The average Bonchev–Trinajstić information content (AvgIpc) is 2.83. The minimum atomic E-state index is -0.0325. The molecule has 1 amide bonds. The van der Waals surface area contributed by atoms with E-state index >= 15 is 0 Å². The van der Waals surface area contributed by atoms with E-state index in [-0.39, 0.29) is 11.3 Å². The molecular formula is C14H11BrN2OS. The molecule has 0 radical (unpaired) electrons. The van der Waals surface area contributed by atoms with Gasteiger partial charge in [-0.25, -0.2) is 0 Å². The smallest absolute Gasteiger partial charge is 0.238 e. The summed E-state index contributed by atoms with van der Waals surface area (Å²) in [5, 5.41) is -0.0325. The summed E-state index contributed by atoms with van der Waals surface area (Å²) in [6, 6.07) is 13.6. The number of hydrogen-bond acceptors (Lipinski definition) is 3. The summed E-state index contributed by atoms with van der Waals surface area (Å²) in [5.41, 5.74) is 1.83. The van der Waals surface area contributed by atoms with Crippen molar-refractivity contribution in [1.29, 1.82) is 0 Å². The summed E-state index contributed by atoms with van der Waals surface area (Å²) in [6.45, 7) is 0. The van der Waals surface area contributed by atoms with Gasteiger partial charge in [0.15, 0.2) is 0 Å². The molecule has 3 rings (SSSR count). The second-order valence-corrected chi connectivity index (χ2v) is 6.14. The first kappa shape index (κ1) is 12.7.